The minimum atomic E-state index is -0.783. The molecule has 1 aromatic heterocycles. The summed E-state index contributed by atoms with van der Waals surface area (Å²) >= 11 is 7.72. The zero-order chi connectivity index (χ0) is 21.7. The van der Waals surface area contributed by atoms with Crippen molar-refractivity contribution in [3.63, 3.8) is 0 Å². The lowest BCUT2D eigenvalue weighted by Crippen LogP contribution is -2.36. The Bertz CT molecular complexity index is 1100. The first kappa shape index (κ1) is 21.9. The van der Waals surface area contributed by atoms with Crippen LogP contribution in [0.2, 0.25) is 5.02 Å². The van der Waals surface area contributed by atoms with Gasteiger partial charge in [-0.2, -0.15) is 4.68 Å². The molecule has 0 unspecified atom stereocenters. The van der Waals surface area contributed by atoms with E-state index in [0.717, 1.165) is 16.0 Å². The Morgan fingerprint density at radius 2 is 1.93 bits per heavy atom. The maximum Gasteiger partial charge on any atom is 0.271 e. The molecule has 3 aromatic rings. The Hall–Kier alpha value is -2.77. The summed E-state index contributed by atoms with van der Waals surface area (Å²) < 4.78 is 6.89. The molecule has 0 fully saturated rings. The first-order chi connectivity index (χ1) is 14.4. The monoisotopic (exact) mass is 443 g/mol. The zero-order valence-electron chi connectivity index (χ0n) is 16.9. The molecule has 0 radical (unpaired) electrons. The summed E-state index contributed by atoms with van der Waals surface area (Å²) in [6.07, 6.45) is 1.23. The summed E-state index contributed by atoms with van der Waals surface area (Å²) in [5.41, 5.74) is 2.07. The van der Waals surface area contributed by atoms with E-state index in [9.17, 15) is 9.59 Å². The summed E-state index contributed by atoms with van der Waals surface area (Å²) in [4.78, 5) is 25.9. The Balaban J connectivity index is 1.68. The number of aryl methyl sites for hydroxylation is 1. The maximum absolute atomic E-state index is 12.4. The molecule has 0 aliphatic carbocycles. The second-order valence-electron chi connectivity index (χ2n) is 6.68. The lowest BCUT2D eigenvalue weighted by atomic mass is 10.2. The summed E-state index contributed by atoms with van der Waals surface area (Å²) in [5.74, 6) is -0.108. The van der Waals surface area contributed by atoms with E-state index >= 15 is 0 Å². The number of rotatable bonds is 7. The van der Waals surface area contributed by atoms with E-state index in [1.54, 1.807) is 36.9 Å². The standard InChI is InChI=1S/C22H22ClN3O3S/c1-14-4-7-17(23)12-19(14)26-21(27)11-10-20(25-26)29-15(2)22(28)24-13-16-5-8-18(30-3)9-6-16/h4-12,15H,13H2,1-3H3,(H,24,28)/t15-/m0/s1. The van der Waals surface area contributed by atoms with Crippen LogP contribution in [0.5, 0.6) is 5.88 Å². The number of hydrogen-bond acceptors (Lipinski definition) is 5. The van der Waals surface area contributed by atoms with E-state index in [1.165, 1.54) is 16.8 Å². The molecule has 1 atom stereocenters. The summed E-state index contributed by atoms with van der Waals surface area (Å²) in [6, 6.07) is 16.0. The van der Waals surface area contributed by atoms with Crippen LogP contribution in [0.25, 0.3) is 5.69 Å². The Kier molecular flexibility index (Phi) is 7.18. The molecule has 2 aromatic carbocycles. The van der Waals surface area contributed by atoms with Crippen LogP contribution < -0.4 is 15.6 Å². The van der Waals surface area contributed by atoms with Gasteiger partial charge in [-0.15, -0.1) is 16.9 Å². The van der Waals surface area contributed by atoms with Gasteiger partial charge < -0.3 is 10.1 Å². The first-order valence-electron chi connectivity index (χ1n) is 9.31. The van der Waals surface area contributed by atoms with Gasteiger partial charge in [0.1, 0.15) is 0 Å². The average Bonchev–Trinajstić information content (AvgIpc) is 2.75. The van der Waals surface area contributed by atoms with Crippen LogP contribution in [-0.4, -0.2) is 28.0 Å². The van der Waals surface area contributed by atoms with Gasteiger partial charge in [-0.3, -0.25) is 9.59 Å². The van der Waals surface area contributed by atoms with Gasteiger partial charge in [0.25, 0.3) is 11.5 Å². The van der Waals surface area contributed by atoms with Crippen molar-refractivity contribution in [3.8, 4) is 11.6 Å². The molecule has 0 aliphatic rings. The van der Waals surface area contributed by atoms with Crippen molar-refractivity contribution in [2.45, 2.75) is 31.4 Å². The van der Waals surface area contributed by atoms with Crippen molar-refractivity contribution in [3.05, 3.63) is 81.1 Å². The molecule has 156 valence electrons. The SMILES string of the molecule is CSc1ccc(CNC(=O)[C@H](C)Oc2ccc(=O)n(-c3cc(Cl)ccc3C)n2)cc1. The van der Waals surface area contributed by atoms with Gasteiger partial charge in [-0.25, -0.2) is 0 Å². The number of thioether (sulfide) groups is 1. The van der Waals surface area contributed by atoms with Gasteiger partial charge in [-0.05, 0) is 55.5 Å². The number of hydrogen-bond donors (Lipinski definition) is 1. The Labute approximate surface area is 184 Å². The predicted octanol–water partition coefficient (Wildman–Crippen LogP) is 4.00. The van der Waals surface area contributed by atoms with Gasteiger partial charge in [0, 0.05) is 28.6 Å². The highest BCUT2D eigenvalue weighted by molar-refractivity contribution is 7.98. The third-order valence-corrected chi connectivity index (χ3v) is 5.45. The molecule has 0 saturated carbocycles. The second-order valence-corrected chi connectivity index (χ2v) is 7.99. The second kappa shape index (κ2) is 9.82. The van der Waals surface area contributed by atoms with Gasteiger partial charge in [0.15, 0.2) is 6.10 Å². The molecular weight excluding hydrogens is 422 g/mol. The molecule has 6 nitrogen and oxygen atoms in total. The average molecular weight is 444 g/mol. The van der Waals surface area contributed by atoms with Crippen LogP contribution in [0.1, 0.15) is 18.1 Å². The lowest BCUT2D eigenvalue weighted by molar-refractivity contribution is -0.127. The van der Waals surface area contributed by atoms with E-state index in [2.05, 4.69) is 10.4 Å². The van der Waals surface area contributed by atoms with Crippen molar-refractivity contribution >= 4 is 29.3 Å². The molecule has 1 N–H and O–H groups in total. The summed E-state index contributed by atoms with van der Waals surface area (Å²) in [5, 5.41) is 7.59. The number of carbonyl (C=O) groups is 1. The van der Waals surface area contributed by atoms with Crippen molar-refractivity contribution in [2.24, 2.45) is 0 Å². The highest BCUT2D eigenvalue weighted by Gasteiger charge is 2.16. The maximum atomic E-state index is 12.4. The molecule has 0 saturated heterocycles. The zero-order valence-corrected chi connectivity index (χ0v) is 18.5. The molecule has 8 heteroatoms. The number of carbonyl (C=O) groups excluding carboxylic acids is 1. The number of nitrogens with zero attached hydrogens (tertiary/aromatic N) is 2. The lowest BCUT2D eigenvalue weighted by Gasteiger charge is -2.15. The molecule has 0 bridgehead atoms. The van der Waals surface area contributed by atoms with Crippen LogP contribution in [-0.2, 0) is 11.3 Å². The van der Waals surface area contributed by atoms with E-state index in [-0.39, 0.29) is 17.3 Å². The molecule has 1 heterocycles. The number of halogens is 1. The molecule has 1 amide bonds. The fraction of sp³-hybridized carbons (Fsp3) is 0.227. The van der Waals surface area contributed by atoms with E-state index in [1.807, 2.05) is 37.4 Å². The fourth-order valence-corrected chi connectivity index (χ4v) is 3.33. The number of aromatic nitrogens is 2. The van der Waals surface area contributed by atoms with Gasteiger partial charge >= 0.3 is 0 Å². The van der Waals surface area contributed by atoms with Crippen LogP contribution >= 0.6 is 23.4 Å². The van der Waals surface area contributed by atoms with E-state index < -0.39 is 6.10 Å². The number of nitrogens with one attached hydrogen (secondary N) is 1. The molecule has 30 heavy (non-hydrogen) atoms. The summed E-state index contributed by atoms with van der Waals surface area (Å²) in [7, 11) is 0. The highest BCUT2D eigenvalue weighted by atomic mass is 35.5. The quantitative estimate of drug-likeness (QED) is 0.559. The number of ether oxygens (including phenoxy) is 1. The smallest absolute Gasteiger partial charge is 0.271 e. The minimum Gasteiger partial charge on any atom is -0.464 e. The van der Waals surface area contributed by atoms with Crippen molar-refractivity contribution < 1.29 is 9.53 Å². The summed E-state index contributed by atoms with van der Waals surface area (Å²) in [6.45, 7) is 3.89. The third-order valence-electron chi connectivity index (χ3n) is 4.47. The predicted molar refractivity (Wildman–Crippen MR) is 120 cm³/mol. The topological polar surface area (TPSA) is 73.2 Å². The van der Waals surface area contributed by atoms with Crippen LogP contribution in [0.15, 0.2) is 64.3 Å². The van der Waals surface area contributed by atoms with Crippen molar-refractivity contribution in [1.82, 2.24) is 15.1 Å². The van der Waals surface area contributed by atoms with Crippen molar-refractivity contribution in [2.75, 3.05) is 6.26 Å². The Morgan fingerprint density at radius 1 is 1.20 bits per heavy atom. The normalized spacial score (nSPS) is 11.7. The Morgan fingerprint density at radius 3 is 2.63 bits per heavy atom. The molecular formula is C22H22ClN3O3S. The highest BCUT2D eigenvalue weighted by Crippen LogP contribution is 2.19. The fourth-order valence-electron chi connectivity index (χ4n) is 2.75. The van der Waals surface area contributed by atoms with Crippen LogP contribution in [0.3, 0.4) is 0 Å². The first-order valence-corrected chi connectivity index (χ1v) is 10.9. The van der Waals surface area contributed by atoms with E-state index in [4.69, 9.17) is 16.3 Å². The van der Waals surface area contributed by atoms with Gasteiger partial charge in [0.05, 0.1) is 5.69 Å². The van der Waals surface area contributed by atoms with Crippen molar-refractivity contribution in [1.29, 1.82) is 0 Å². The molecule has 3 rings (SSSR count). The molecule has 0 aliphatic heterocycles. The molecule has 0 spiro atoms. The number of amides is 1. The van der Waals surface area contributed by atoms with Gasteiger partial charge in [-0.1, -0.05) is 29.8 Å². The van der Waals surface area contributed by atoms with Crippen LogP contribution in [0, 0.1) is 6.92 Å². The van der Waals surface area contributed by atoms with Crippen LogP contribution in [0.4, 0.5) is 0 Å². The third kappa shape index (κ3) is 5.43. The largest absolute Gasteiger partial charge is 0.464 e. The van der Waals surface area contributed by atoms with Gasteiger partial charge in [0.2, 0.25) is 5.88 Å². The van der Waals surface area contributed by atoms with E-state index in [0.29, 0.717) is 17.3 Å². The minimum absolute atomic E-state index is 0.168. The number of benzene rings is 2.